The molecule has 3 aromatic rings. The van der Waals surface area contributed by atoms with Crippen LogP contribution in [-0.2, 0) is 13.1 Å². The molecule has 110 valence electrons. The molecule has 0 atom stereocenters. The van der Waals surface area contributed by atoms with Gasteiger partial charge in [0.25, 0.3) is 0 Å². The molecule has 0 aliphatic carbocycles. The second kappa shape index (κ2) is 5.32. The summed E-state index contributed by atoms with van der Waals surface area (Å²) in [7, 11) is 0. The van der Waals surface area contributed by atoms with Crippen molar-refractivity contribution < 1.29 is 9.85 Å². The summed E-state index contributed by atoms with van der Waals surface area (Å²) in [6.07, 6.45) is 0. The average Bonchev–Trinajstić information content (AvgIpc) is 2.46. The van der Waals surface area contributed by atoms with Crippen LogP contribution in [0.5, 0.6) is 0 Å². The Kier molecular flexibility index (Phi) is 3.34. The average molecular weight is 298 g/mol. The lowest BCUT2D eigenvalue weighted by molar-refractivity contribution is -0.497. The Morgan fingerprint density at radius 3 is 1.45 bits per heavy atom. The van der Waals surface area contributed by atoms with Crippen molar-refractivity contribution in [2.45, 2.75) is 13.1 Å². The molecule has 0 saturated carbocycles. The molecule has 0 saturated heterocycles. The minimum absolute atomic E-state index is 0.325. The van der Waals surface area contributed by atoms with E-state index in [1.54, 1.807) is 24.3 Å². The van der Waals surface area contributed by atoms with E-state index in [1.165, 1.54) is 0 Å². The summed E-state index contributed by atoms with van der Waals surface area (Å²) >= 11 is 0. The third kappa shape index (κ3) is 2.66. The summed E-state index contributed by atoms with van der Waals surface area (Å²) in [6, 6.07) is 10.4. The predicted octanol–water partition coefficient (Wildman–Crippen LogP) is 2.34. The molecule has 2 heterocycles. The van der Waals surface area contributed by atoms with Crippen LogP contribution in [0.2, 0.25) is 0 Å². The number of nitrogens with zero attached hydrogens (tertiary/aromatic N) is 4. The fraction of sp³-hybridized carbons (Fsp3) is 0.143. The molecule has 2 aromatic heterocycles. The highest BCUT2D eigenvalue weighted by Gasteiger charge is 2.10. The van der Waals surface area contributed by atoms with Crippen LogP contribution >= 0.6 is 0 Å². The number of rotatable bonds is 4. The molecule has 22 heavy (non-hydrogen) atoms. The van der Waals surface area contributed by atoms with E-state index in [-0.39, 0.29) is 13.1 Å². The van der Waals surface area contributed by atoms with Crippen LogP contribution < -0.4 is 0 Å². The van der Waals surface area contributed by atoms with Gasteiger partial charge in [0.1, 0.15) is 11.4 Å². The van der Waals surface area contributed by atoms with Gasteiger partial charge in [-0.3, -0.25) is 20.2 Å². The summed E-state index contributed by atoms with van der Waals surface area (Å²) in [5.41, 5.74) is 1.68. The monoisotopic (exact) mass is 298 g/mol. The van der Waals surface area contributed by atoms with Crippen LogP contribution in [0.4, 0.5) is 0 Å². The Hall–Kier alpha value is -3.16. The molecule has 0 spiro atoms. The van der Waals surface area contributed by atoms with E-state index in [0.29, 0.717) is 22.4 Å². The number of aromatic nitrogens is 2. The van der Waals surface area contributed by atoms with E-state index >= 15 is 0 Å². The van der Waals surface area contributed by atoms with Crippen molar-refractivity contribution in [3.63, 3.8) is 0 Å². The van der Waals surface area contributed by atoms with Gasteiger partial charge >= 0.3 is 0 Å². The fourth-order valence-electron chi connectivity index (χ4n) is 2.29. The molecule has 0 aliphatic heterocycles. The molecule has 0 aliphatic rings. The van der Waals surface area contributed by atoms with Crippen LogP contribution in [0.3, 0.4) is 0 Å². The van der Waals surface area contributed by atoms with Gasteiger partial charge in [0.2, 0.25) is 13.1 Å². The van der Waals surface area contributed by atoms with Crippen LogP contribution in [0.15, 0.2) is 36.4 Å². The minimum Gasteiger partial charge on any atom is -0.264 e. The van der Waals surface area contributed by atoms with Crippen LogP contribution in [-0.4, -0.2) is 19.8 Å². The number of benzene rings is 1. The van der Waals surface area contributed by atoms with Crippen LogP contribution in [0.25, 0.3) is 21.8 Å². The summed E-state index contributed by atoms with van der Waals surface area (Å²) in [6.45, 7) is -0.748. The van der Waals surface area contributed by atoms with E-state index in [0.717, 1.165) is 10.8 Å². The van der Waals surface area contributed by atoms with Crippen LogP contribution in [0, 0.1) is 20.2 Å². The standard InChI is InChI=1S/C14H10N4O4/c19-17(20)7-11-5-3-9-1-2-10-4-6-12(8-18(21)22)16-14(10)13(9)15-11/h1-6H,7-8H2. The van der Waals surface area contributed by atoms with E-state index in [4.69, 9.17) is 0 Å². The smallest absolute Gasteiger partial charge is 0.245 e. The summed E-state index contributed by atoms with van der Waals surface area (Å²) in [5.74, 6) is 0. The maximum atomic E-state index is 10.6. The lowest BCUT2D eigenvalue weighted by Gasteiger charge is -2.05. The van der Waals surface area contributed by atoms with Crippen molar-refractivity contribution in [1.82, 2.24) is 9.97 Å². The van der Waals surface area contributed by atoms with Crippen molar-refractivity contribution >= 4 is 21.8 Å². The highest BCUT2D eigenvalue weighted by molar-refractivity contribution is 6.02. The molecule has 0 amide bonds. The van der Waals surface area contributed by atoms with E-state index in [2.05, 4.69) is 9.97 Å². The van der Waals surface area contributed by atoms with Crippen molar-refractivity contribution in [1.29, 1.82) is 0 Å². The Labute approximate surface area is 123 Å². The zero-order chi connectivity index (χ0) is 15.7. The summed E-state index contributed by atoms with van der Waals surface area (Å²) in [4.78, 5) is 28.9. The maximum absolute atomic E-state index is 10.6. The molecular weight excluding hydrogens is 288 g/mol. The number of pyridine rings is 2. The highest BCUT2D eigenvalue weighted by Crippen LogP contribution is 2.23. The molecule has 0 bridgehead atoms. The van der Waals surface area contributed by atoms with Crippen molar-refractivity contribution in [2.24, 2.45) is 0 Å². The normalized spacial score (nSPS) is 10.9. The van der Waals surface area contributed by atoms with Gasteiger partial charge in [0.15, 0.2) is 0 Å². The third-order valence-electron chi connectivity index (χ3n) is 3.22. The van der Waals surface area contributed by atoms with Gasteiger partial charge in [-0.1, -0.05) is 24.3 Å². The molecule has 0 fully saturated rings. The number of hydrogen-bond donors (Lipinski definition) is 0. The Bertz CT molecular complexity index is 835. The quantitative estimate of drug-likeness (QED) is 0.415. The van der Waals surface area contributed by atoms with Gasteiger partial charge in [-0.05, 0) is 12.1 Å². The maximum Gasteiger partial charge on any atom is 0.245 e. The van der Waals surface area contributed by atoms with Crippen molar-refractivity contribution in [3.05, 3.63) is 68.0 Å². The molecule has 8 nitrogen and oxygen atoms in total. The van der Waals surface area contributed by atoms with Crippen molar-refractivity contribution in [3.8, 4) is 0 Å². The third-order valence-corrected chi connectivity index (χ3v) is 3.22. The van der Waals surface area contributed by atoms with Gasteiger partial charge in [-0.25, -0.2) is 9.97 Å². The second-order valence-electron chi connectivity index (χ2n) is 4.80. The first-order valence-corrected chi connectivity index (χ1v) is 6.45. The zero-order valence-corrected chi connectivity index (χ0v) is 11.3. The first-order valence-electron chi connectivity index (χ1n) is 6.45. The Morgan fingerprint density at radius 2 is 1.09 bits per heavy atom. The van der Waals surface area contributed by atoms with Gasteiger partial charge in [-0.15, -0.1) is 0 Å². The molecule has 1 aromatic carbocycles. The van der Waals surface area contributed by atoms with E-state index in [1.807, 2.05) is 12.1 Å². The first kappa shape index (κ1) is 13.8. The lowest BCUT2D eigenvalue weighted by Crippen LogP contribution is -2.02. The van der Waals surface area contributed by atoms with Gasteiger partial charge in [0, 0.05) is 20.6 Å². The number of hydrogen-bond acceptors (Lipinski definition) is 6. The van der Waals surface area contributed by atoms with Gasteiger partial charge in [-0.2, -0.15) is 0 Å². The number of nitro groups is 2. The van der Waals surface area contributed by atoms with Gasteiger partial charge in [0.05, 0.1) is 11.0 Å². The highest BCUT2D eigenvalue weighted by atomic mass is 16.6. The predicted molar refractivity (Wildman–Crippen MR) is 78.4 cm³/mol. The Morgan fingerprint density at radius 1 is 0.727 bits per heavy atom. The molecule has 3 rings (SSSR count). The van der Waals surface area contributed by atoms with E-state index < -0.39 is 9.85 Å². The fourth-order valence-corrected chi connectivity index (χ4v) is 2.29. The first-order chi connectivity index (χ1) is 10.5. The molecule has 0 radical (unpaired) electrons. The molecular formula is C14H10N4O4. The van der Waals surface area contributed by atoms with Crippen LogP contribution in [0.1, 0.15) is 11.4 Å². The zero-order valence-electron chi connectivity index (χ0n) is 11.3. The largest absolute Gasteiger partial charge is 0.264 e. The summed E-state index contributed by atoms with van der Waals surface area (Å²) in [5, 5.41) is 22.8. The topological polar surface area (TPSA) is 112 Å². The molecule has 0 unspecified atom stereocenters. The minimum atomic E-state index is -0.453. The lowest BCUT2D eigenvalue weighted by atomic mass is 10.1. The molecule has 8 heteroatoms. The summed E-state index contributed by atoms with van der Waals surface area (Å²) < 4.78 is 0. The second-order valence-corrected chi connectivity index (χ2v) is 4.80. The SMILES string of the molecule is O=[N+]([O-])Cc1ccc2ccc3ccc(C[N+](=O)[O-])nc3c2n1. The molecule has 0 N–H and O–H groups in total. The van der Waals surface area contributed by atoms with Crippen molar-refractivity contribution in [2.75, 3.05) is 0 Å². The van der Waals surface area contributed by atoms with Gasteiger partial charge < -0.3 is 0 Å². The van der Waals surface area contributed by atoms with E-state index in [9.17, 15) is 20.2 Å². The Balaban J connectivity index is 2.21. The number of fused-ring (bicyclic) bond motifs is 3.